The number of amides is 1. The minimum Gasteiger partial charge on any atom is -0.494 e. The number of carbonyl (C=O) groups is 1. The Bertz CT molecular complexity index is 928. The third-order valence-corrected chi connectivity index (χ3v) is 4.23. The van der Waals surface area contributed by atoms with E-state index in [1.165, 1.54) is 0 Å². The Morgan fingerprint density at radius 1 is 1.23 bits per heavy atom. The van der Waals surface area contributed by atoms with Crippen molar-refractivity contribution in [3.05, 3.63) is 71.3 Å². The first-order valence-electron chi connectivity index (χ1n) is 8.58. The molecule has 0 aliphatic rings. The topological polar surface area (TPSA) is 59.0 Å². The van der Waals surface area contributed by atoms with Crippen LogP contribution in [0.15, 0.2) is 60.9 Å². The standard InChI is InChI=1S/C20H21N3O2S/c1-2-3-13-25-18-9-7-15(8-10-18)19(24)22-16-5-4-6-17(14-16)23-12-11-21-20(23)26/h4-12,14H,2-3,13H2,1H3,(H,21,26)(H,22,24). The smallest absolute Gasteiger partial charge is 0.255 e. The zero-order valence-corrected chi connectivity index (χ0v) is 15.4. The van der Waals surface area contributed by atoms with Crippen molar-refractivity contribution in [2.24, 2.45) is 0 Å². The molecule has 0 radical (unpaired) electrons. The van der Waals surface area contributed by atoms with Crippen LogP contribution in [0.1, 0.15) is 30.1 Å². The fourth-order valence-corrected chi connectivity index (χ4v) is 2.73. The Morgan fingerprint density at radius 3 is 2.73 bits per heavy atom. The van der Waals surface area contributed by atoms with Crippen LogP contribution >= 0.6 is 12.2 Å². The molecule has 0 saturated carbocycles. The van der Waals surface area contributed by atoms with E-state index in [-0.39, 0.29) is 5.91 Å². The fourth-order valence-electron chi connectivity index (χ4n) is 2.50. The second kappa shape index (κ2) is 8.49. The maximum atomic E-state index is 12.5. The van der Waals surface area contributed by atoms with E-state index < -0.39 is 0 Å². The number of ether oxygens (including phenoxy) is 1. The van der Waals surface area contributed by atoms with E-state index in [1.807, 2.05) is 47.2 Å². The number of nitrogens with one attached hydrogen (secondary N) is 2. The van der Waals surface area contributed by atoms with Crippen molar-refractivity contribution in [1.29, 1.82) is 0 Å². The van der Waals surface area contributed by atoms with E-state index >= 15 is 0 Å². The number of imidazole rings is 1. The quantitative estimate of drug-likeness (QED) is 0.458. The van der Waals surface area contributed by atoms with Crippen LogP contribution in [-0.4, -0.2) is 22.1 Å². The summed E-state index contributed by atoms with van der Waals surface area (Å²) in [5.41, 5.74) is 2.17. The number of aromatic amines is 1. The van der Waals surface area contributed by atoms with Gasteiger partial charge in [-0.05, 0) is 61.1 Å². The molecule has 26 heavy (non-hydrogen) atoms. The van der Waals surface area contributed by atoms with Gasteiger partial charge in [0.2, 0.25) is 0 Å². The maximum absolute atomic E-state index is 12.5. The zero-order chi connectivity index (χ0) is 18.4. The molecule has 0 unspecified atom stereocenters. The molecule has 1 aromatic heterocycles. The van der Waals surface area contributed by atoms with Crippen molar-refractivity contribution < 1.29 is 9.53 Å². The van der Waals surface area contributed by atoms with Crippen molar-refractivity contribution in [2.75, 3.05) is 11.9 Å². The zero-order valence-electron chi connectivity index (χ0n) is 14.6. The Balaban J connectivity index is 1.68. The largest absolute Gasteiger partial charge is 0.494 e. The van der Waals surface area contributed by atoms with Gasteiger partial charge in [-0.3, -0.25) is 9.36 Å². The number of rotatable bonds is 7. The molecular formula is C20H21N3O2S. The van der Waals surface area contributed by atoms with Gasteiger partial charge in [0, 0.05) is 29.3 Å². The maximum Gasteiger partial charge on any atom is 0.255 e. The number of carbonyl (C=O) groups excluding carboxylic acids is 1. The molecule has 0 bridgehead atoms. The molecule has 0 atom stereocenters. The summed E-state index contributed by atoms with van der Waals surface area (Å²) in [7, 11) is 0. The lowest BCUT2D eigenvalue weighted by molar-refractivity contribution is 0.102. The summed E-state index contributed by atoms with van der Waals surface area (Å²) < 4.78 is 8.06. The number of nitrogens with zero attached hydrogens (tertiary/aromatic N) is 1. The molecule has 0 fully saturated rings. The average Bonchev–Trinajstić information content (AvgIpc) is 3.09. The van der Waals surface area contributed by atoms with Gasteiger partial charge in [0.15, 0.2) is 4.77 Å². The van der Waals surface area contributed by atoms with Crippen LogP contribution in [0.5, 0.6) is 5.75 Å². The molecule has 1 heterocycles. The summed E-state index contributed by atoms with van der Waals surface area (Å²) in [6.45, 7) is 2.81. The van der Waals surface area contributed by atoms with E-state index in [0.29, 0.717) is 22.6 Å². The van der Waals surface area contributed by atoms with Gasteiger partial charge < -0.3 is 15.0 Å². The van der Waals surface area contributed by atoms with Gasteiger partial charge in [0.25, 0.3) is 5.91 Å². The van der Waals surface area contributed by atoms with Gasteiger partial charge in [-0.2, -0.15) is 0 Å². The molecule has 2 aromatic carbocycles. The number of anilines is 1. The molecule has 2 N–H and O–H groups in total. The highest BCUT2D eigenvalue weighted by Gasteiger charge is 2.07. The summed E-state index contributed by atoms with van der Waals surface area (Å²) in [5, 5.41) is 2.91. The predicted molar refractivity (Wildman–Crippen MR) is 106 cm³/mol. The SMILES string of the molecule is CCCCOc1ccc(C(=O)Nc2cccc(-n3cc[nH]c3=S)c2)cc1. The van der Waals surface area contributed by atoms with E-state index in [2.05, 4.69) is 17.2 Å². The van der Waals surface area contributed by atoms with E-state index in [4.69, 9.17) is 17.0 Å². The third kappa shape index (κ3) is 4.40. The predicted octanol–water partition coefficient (Wildman–Crippen LogP) is 4.97. The monoisotopic (exact) mass is 367 g/mol. The van der Waals surface area contributed by atoms with Crippen molar-refractivity contribution in [2.45, 2.75) is 19.8 Å². The molecule has 1 amide bonds. The molecule has 5 nitrogen and oxygen atoms in total. The van der Waals surface area contributed by atoms with Crippen LogP contribution in [0.3, 0.4) is 0 Å². The first-order valence-corrected chi connectivity index (χ1v) is 8.99. The second-order valence-corrected chi connectivity index (χ2v) is 6.25. The Hall–Kier alpha value is -2.86. The van der Waals surface area contributed by atoms with Crippen LogP contribution < -0.4 is 10.1 Å². The minimum absolute atomic E-state index is 0.167. The molecule has 3 rings (SSSR count). The van der Waals surface area contributed by atoms with Gasteiger partial charge >= 0.3 is 0 Å². The van der Waals surface area contributed by atoms with Crippen molar-refractivity contribution in [3.63, 3.8) is 0 Å². The highest BCUT2D eigenvalue weighted by Crippen LogP contribution is 2.17. The lowest BCUT2D eigenvalue weighted by Gasteiger charge is -2.09. The molecule has 6 heteroatoms. The van der Waals surface area contributed by atoms with Gasteiger partial charge in [0.05, 0.1) is 6.61 Å². The van der Waals surface area contributed by atoms with Crippen LogP contribution in [0.25, 0.3) is 5.69 Å². The highest BCUT2D eigenvalue weighted by molar-refractivity contribution is 7.71. The Kier molecular flexibility index (Phi) is 5.86. The van der Waals surface area contributed by atoms with Crippen molar-refractivity contribution >= 4 is 23.8 Å². The highest BCUT2D eigenvalue weighted by atomic mass is 32.1. The van der Waals surface area contributed by atoms with Crippen molar-refractivity contribution in [3.8, 4) is 11.4 Å². The molecular weight excluding hydrogens is 346 g/mol. The van der Waals surface area contributed by atoms with Gasteiger partial charge in [-0.1, -0.05) is 19.4 Å². The average molecular weight is 367 g/mol. The number of unbranched alkanes of at least 4 members (excludes halogenated alkanes) is 1. The summed E-state index contributed by atoms with van der Waals surface area (Å²) in [4.78, 5) is 15.4. The van der Waals surface area contributed by atoms with E-state index in [1.54, 1.807) is 18.3 Å². The van der Waals surface area contributed by atoms with Gasteiger partial charge in [-0.15, -0.1) is 0 Å². The number of H-pyrrole nitrogens is 1. The molecule has 3 aromatic rings. The first kappa shape index (κ1) is 17.9. The molecule has 0 aliphatic heterocycles. The third-order valence-electron chi connectivity index (χ3n) is 3.91. The molecule has 0 spiro atoms. The van der Waals surface area contributed by atoms with Crippen LogP contribution in [0.4, 0.5) is 5.69 Å². The van der Waals surface area contributed by atoms with Crippen molar-refractivity contribution in [1.82, 2.24) is 9.55 Å². The molecule has 0 saturated heterocycles. The normalized spacial score (nSPS) is 10.5. The number of aromatic nitrogens is 2. The van der Waals surface area contributed by atoms with E-state index in [9.17, 15) is 4.79 Å². The Morgan fingerprint density at radius 2 is 2.04 bits per heavy atom. The lowest BCUT2D eigenvalue weighted by Crippen LogP contribution is -2.12. The summed E-state index contributed by atoms with van der Waals surface area (Å²) >= 11 is 5.23. The van der Waals surface area contributed by atoms with Crippen LogP contribution in [0, 0.1) is 4.77 Å². The van der Waals surface area contributed by atoms with E-state index in [0.717, 1.165) is 24.3 Å². The fraction of sp³-hybridized carbons (Fsp3) is 0.200. The Labute approximate surface area is 157 Å². The number of hydrogen-bond acceptors (Lipinski definition) is 3. The summed E-state index contributed by atoms with van der Waals surface area (Å²) in [5.74, 6) is 0.610. The number of hydrogen-bond donors (Lipinski definition) is 2. The second-order valence-electron chi connectivity index (χ2n) is 5.87. The minimum atomic E-state index is -0.167. The number of benzene rings is 2. The first-order chi connectivity index (χ1) is 12.7. The summed E-state index contributed by atoms with van der Waals surface area (Å²) in [6.07, 6.45) is 5.73. The van der Waals surface area contributed by atoms with Crippen LogP contribution in [0.2, 0.25) is 0 Å². The van der Waals surface area contributed by atoms with Gasteiger partial charge in [-0.25, -0.2) is 0 Å². The van der Waals surface area contributed by atoms with Crippen LogP contribution in [-0.2, 0) is 0 Å². The van der Waals surface area contributed by atoms with Gasteiger partial charge in [0.1, 0.15) is 5.75 Å². The molecule has 0 aliphatic carbocycles. The molecule has 134 valence electrons. The summed E-state index contributed by atoms with van der Waals surface area (Å²) in [6, 6.07) is 14.7. The lowest BCUT2D eigenvalue weighted by atomic mass is 10.2.